The maximum Gasteiger partial charge on any atom is 0.229 e. The molecule has 1 aliphatic rings. The molecule has 1 fully saturated rings. The fourth-order valence-corrected chi connectivity index (χ4v) is 4.08. The number of anilines is 1. The molecule has 136 valence electrons. The van der Waals surface area contributed by atoms with E-state index in [1.165, 1.54) is 24.6 Å². The van der Waals surface area contributed by atoms with Gasteiger partial charge in [-0.2, -0.15) is 9.97 Å². The van der Waals surface area contributed by atoms with Gasteiger partial charge in [-0.3, -0.25) is 4.57 Å². The molecule has 9 heteroatoms. The Morgan fingerprint density at radius 2 is 2.00 bits per heavy atom. The number of nitrogens with zero attached hydrogens (tertiary/aromatic N) is 7. The lowest BCUT2D eigenvalue weighted by Gasteiger charge is -2.14. The minimum absolute atomic E-state index is 0.235. The van der Waals surface area contributed by atoms with Gasteiger partial charge in [-0.1, -0.05) is 19.9 Å². The fourth-order valence-electron chi connectivity index (χ4n) is 2.53. The molecular weight excluding hydrogens is 366 g/mol. The quantitative estimate of drug-likeness (QED) is 0.636. The summed E-state index contributed by atoms with van der Waals surface area (Å²) < 4.78 is 2.24. The lowest BCUT2D eigenvalue weighted by atomic mass is 10.2. The van der Waals surface area contributed by atoms with Crippen molar-refractivity contribution < 1.29 is 0 Å². The van der Waals surface area contributed by atoms with Crippen LogP contribution < -0.4 is 4.90 Å². The highest BCUT2D eigenvalue weighted by Gasteiger charge is 2.31. The molecular formula is C17H21N7S2. The fraction of sp³-hybridized carbons (Fsp3) is 0.471. The standard InChI is InChI=1S/C17H21N7S2/c1-10(2)13-18-15(23(3)4)20-16(19-13)26-17-22-21-14(12-6-5-9-25-12)24(17)11-7-8-11/h5-6,9-11H,7-8H2,1-4H3. The van der Waals surface area contributed by atoms with Gasteiger partial charge in [0.15, 0.2) is 11.0 Å². The number of thiophene rings is 1. The molecule has 0 spiro atoms. The van der Waals surface area contributed by atoms with Crippen molar-refractivity contribution in [3.05, 3.63) is 23.3 Å². The van der Waals surface area contributed by atoms with Gasteiger partial charge in [0.05, 0.1) is 4.88 Å². The van der Waals surface area contributed by atoms with Crippen LogP contribution in [-0.2, 0) is 0 Å². The Kier molecular flexibility index (Phi) is 4.66. The highest BCUT2D eigenvalue weighted by Crippen LogP contribution is 2.42. The molecule has 3 aromatic heterocycles. The minimum Gasteiger partial charge on any atom is -0.347 e. The highest BCUT2D eigenvalue weighted by atomic mass is 32.2. The molecule has 0 saturated heterocycles. The molecule has 0 aliphatic heterocycles. The van der Waals surface area contributed by atoms with E-state index >= 15 is 0 Å². The van der Waals surface area contributed by atoms with Crippen LogP contribution >= 0.6 is 23.1 Å². The zero-order valence-electron chi connectivity index (χ0n) is 15.2. The van der Waals surface area contributed by atoms with E-state index in [0.717, 1.165) is 21.7 Å². The Bertz CT molecular complexity index is 872. The third-order valence-corrected chi connectivity index (χ3v) is 5.73. The summed E-state index contributed by atoms with van der Waals surface area (Å²) in [5.74, 6) is 2.64. The van der Waals surface area contributed by atoms with E-state index in [-0.39, 0.29) is 5.92 Å². The zero-order valence-corrected chi connectivity index (χ0v) is 16.9. The average molecular weight is 388 g/mol. The first-order valence-electron chi connectivity index (χ1n) is 8.63. The third kappa shape index (κ3) is 3.45. The van der Waals surface area contributed by atoms with Gasteiger partial charge in [-0.25, -0.2) is 4.98 Å². The number of hydrogen-bond donors (Lipinski definition) is 0. The first kappa shape index (κ1) is 17.4. The molecule has 1 saturated carbocycles. The molecule has 26 heavy (non-hydrogen) atoms. The maximum absolute atomic E-state index is 4.64. The second-order valence-corrected chi connectivity index (χ2v) is 8.69. The van der Waals surface area contributed by atoms with E-state index in [9.17, 15) is 0 Å². The maximum atomic E-state index is 4.64. The molecule has 3 heterocycles. The number of rotatable bonds is 6. The van der Waals surface area contributed by atoms with Crippen molar-refractivity contribution in [2.24, 2.45) is 0 Å². The molecule has 0 N–H and O–H groups in total. The molecule has 3 aromatic rings. The Morgan fingerprint density at radius 1 is 1.19 bits per heavy atom. The Balaban J connectivity index is 1.72. The first-order valence-corrected chi connectivity index (χ1v) is 10.3. The molecule has 7 nitrogen and oxygen atoms in total. The van der Waals surface area contributed by atoms with Crippen molar-refractivity contribution in [3.8, 4) is 10.7 Å². The summed E-state index contributed by atoms with van der Waals surface area (Å²) in [4.78, 5) is 16.8. The molecule has 4 rings (SSSR count). The molecule has 0 amide bonds. The van der Waals surface area contributed by atoms with E-state index in [4.69, 9.17) is 0 Å². The van der Waals surface area contributed by atoms with Crippen LogP contribution in [0, 0.1) is 0 Å². The Hall–Kier alpha value is -2.00. The van der Waals surface area contributed by atoms with Crippen molar-refractivity contribution in [1.82, 2.24) is 29.7 Å². The average Bonchev–Trinajstić information content (AvgIpc) is 3.14. The second-order valence-electron chi connectivity index (χ2n) is 6.81. The van der Waals surface area contributed by atoms with Crippen LogP contribution in [0.1, 0.15) is 44.5 Å². The van der Waals surface area contributed by atoms with Crippen LogP contribution in [0.5, 0.6) is 0 Å². The summed E-state index contributed by atoms with van der Waals surface area (Å²) in [6.45, 7) is 4.18. The monoisotopic (exact) mass is 387 g/mol. The van der Waals surface area contributed by atoms with Crippen molar-refractivity contribution >= 4 is 29.0 Å². The minimum atomic E-state index is 0.235. The van der Waals surface area contributed by atoms with Crippen LogP contribution in [0.25, 0.3) is 10.7 Å². The van der Waals surface area contributed by atoms with Crippen molar-refractivity contribution in [3.63, 3.8) is 0 Å². The van der Waals surface area contributed by atoms with Crippen molar-refractivity contribution in [2.45, 2.75) is 49.0 Å². The van der Waals surface area contributed by atoms with Gasteiger partial charge in [0, 0.05) is 26.1 Å². The molecule has 1 aliphatic carbocycles. The molecule has 0 radical (unpaired) electrons. The number of aromatic nitrogens is 6. The van der Waals surface area contributed by atoms with Crippen molar-refractivity contribution in [1.29, 1.82) is 0 Å². The SMILES string of the molecule is CC(C)c1nc(Sc2nnc(-c3cccs3)n2C2CC2)nc(N(C)C)n1. The Morgan fingerprint density at radius 3 is 2.62 bits per heavy atom. The summed E-state index contributed by atoms with van der Waals surface area (Å²) in [7, 11) is 3.88. The molecule has 0 atom stereocenters. The largest absolute Gasteiger partial charge is 0.347 e. The summed E-state index contributed by atoms with van der Waals surface area (Å²) in [6.07, 6.45) is 2.34. The van der Waals surface area contributed by atoms with Gasteiger partial charge in [-0.05, 0) is 36.0 Å². The number of hydrogen-bond acceptors (Lipinski definition) is 8. The van der Waals surface area contributed by atoms with Gasteiger partial charge in [0.1, 0.15) is 5.82 Å². The summed E-state index contributed by atoms with van der Waals surface area (Å²) in [6, 6.07) is 4.61. The van der Waals surface area contributed by atoms with Crippen LogP contribution in [0.2, 0.25) is 0 Å². The van der Waals surface area contributed by atoms with Gasteiger partial charge in [0.2, 0.25) is 11.1 Å². The van der Waals surface area contributed by atoms with E-state index in [0.29, 0.717) is 17.1 Å². The summed E-state index contributed by atoms with van der Waals surface area (Å²) >= 11 is 3.16. The van der Waals surface area contributed by atoms with Gasteiger partial charge in [0.25, 0.3) is 0 Å². The zero-order chi connectivity index (χ0) is 18.3. The lowest BCUT2D eigenvalue weighted by molar-refractivity contribution is 0.665. The van der Waals surface area contributed by atoms with Crippen LogP contribution in [-0.4, -0.2) is 43.8 Å². The predicted octanol–water partition coefficient (Wildman–Crippen LogP) is 3.87. The topological polar surface area (TPSA) is 72.6 Å². The van der Waals surface area contributed by atoms with E-state index in [2.05, 4.69) is 55.0 Å². The van der Waals surface area contributed by atoms with E-state index < -0.39 is 0 Å². The second kappa shape index (κ2) is 6.96. The third-order valence-electron chi connectivity index (χ3n) is 4.04. The van der Waals surface area contributed by atoms with Crippen LogP contribution in [0.4, 0.5) is 5.95 Å². The van der Waals surface area contributed by atoms with Gasteiger partial charge < -0.3 is 4.90 Å². The van der Waals surface area contributed by atoms with Gasteiger partial charge in [-0.15, -0.1) is 21.5 Å². The first-order chi connectivity index (χ1) is 12.5. The predicted molar refractivity (Wildman–Crippen MR) is 104 cm³/mol. The van der Waals surface area contributed by atoms with E-state index in [1.54, 1.807) is 11.3 Å². The summed E-state index contributed by atoms with van der Waals surface area (Å²) in [5, 5.41) is 12.5. The lowest BCUT2D eigenvalue weighted by Crippen LogP contribution is -2.16. The van der Waals surface area contributed by atoms with Crippen LogP contribution in [0.3, 0.4) is 0 Å². The molecule has 0 unspecified atom stereocenters. The highest BCUT2D eigenvalue weighted by molar-refractivity contribution is 7.99. The smallest absolute Gasteiger partial charge is 0.229 e. The van der Waals surface area contributed by atoms with Crippen LogP contribution in [0.15, 0.2) is 27.8 Å². The summed E-state index contributed by atoms with van der Waals surface area (Å²) in [5.41, 5.74) is 0. The van der Waals surface area contributed by atoms with Crippen molar-refractivity contribution in [2.75, 3.05) is 19.0 Å². The Labute approximate surface area is 160 Å². The van der Waals surface area contributed by atoms with Gasteiger partial charge >= 0.3 is 0 Å². The molecule has 0 bridgehead atoms. The normalized spacial score (nSPS) is 14.2. The molecule has 0 aromatic carbocycles. The van der Waals surface area contributed by atoms with E-state index in [1.807, 2.05) is 25.1 Å².